The maximum absolute atomic E-state index is 12.3. The van der Waals surface area contributed by atoms with Crippen molar-refractivity contribution in [1.82, 2.24) is 15.2 Å². The molecule has 3 rings (SSSR count). The second-order valence-corrected chi connectivity index (χ2v) is 6.20. The van der Waals surface area contributed by atoms with Crippen LogP contribution < -0.4 is 10.1 Å². The molecule has 2 amide bonds. The fourth-order valence-electron chi connectivity index (χ4n) is 3.18. The normalized spacial score (nSPS) is 18.4. The topological polar surface area (TPSA) is 67.6 Å². The third kappa shape index (κ3) is 3.69. The molecule has 1 aromatic carbocycles. The van der Waals surface area contributed by atoms with Crippen LogP contribution in [0.4, 0.5) is 4.79 Å². The van der Waals surface area contributed by atoms with Gasteiger partial charge in [-0.05, 0) is 36.0 Å². The first-order valence-electron chi connectivity index (χ1n) is 8.21. The van der Waals surface area contributed by atoms with Gasteiger partial charge in [-0.2, -0.15) is 0 Å². The number of urea groups is 1. The van der Waals surface area contributed by atoms with Crippen LogP contribution in [0.3, 0.4) is 0 Å². The summed E-state index contributed by atoms with van der Waals surface area (Å²) in [5.41, 5.74) is 1.98. The molecule has 1 aromatic heterocycles. The lowest BCUT2D eigenvalue weighted by Gasteiger charge is -2.21. The van der Waals surface area contributed by atoms with E-state index in [2.05, 4.69) is 29.4 Å². The monoisotopic (exact) mass is 329 g/mol. The molecule has 24 heavy (non-hydrogen) atoms. The third-order valence-corrected chi connectivity index (χ3v) is 4.74. The maximum atomic E-state index is 12.3. The lowest BCUT2D eigenvalue weighted by Crippen LogP contribution is -2.38. The number of aromatic nitrogens is 1. The van der Waals surface area contributed by atoms with E-state index in [0.29, 0.717) is 18.4 Å². The molecule has 0 bridgehead atoms. The summed E-state index contributed by atoms with van der Waals surface area (Å²) in [5.74, 6) is 1.71. The Bertz CT molecular complexity index is 672. The minimum atomic E-state index is -0.0432. The first-order valence-corrected chi connectivity index (χ1v) is 8.21. The molecule has 2 heterocycles. The molecular weight excluding hydrogens is 306 g/mol. The molecule has 6 nitrogen and oxygen atoms in total. The van der Waals surface area contributed by atoms with Gasteiger partial charge in [-0.15, -0.1) is 0 Å². The van der Waals surface area contributed by atoms with Gasteiger partial charge in [0.15, 0.2) is 6.39 Å². The van der Waals surface area contributed by atoms with Crippen molar-refractivity contribution in [2.24, 2.45) is 5.92 Å². The summed E-state index contributed by atoms with van der Waals surface area (Å²) in [7, 11) is 1.68. The number of likely N-dealkylation sites (tertiary alicyclic amines) is 1. The molecule has 2 atom stereocenters. The number of hydrogen-bond donors (Lipinski definition) is 1. The molecule has 1 saturated heterocycles. The molecule has 1 N–H and O–H groups in total. The van der Waals surface area contributed by atoms with Crippen LogP contribution in [0.1, 0.15) is 30.5 Å². The average molecular weight is 329 g/mol. The number of amides is 2. The van der Waals surface area contributed by atoms with Crippen molar-refractivity contribution in [3.63, 3.8) is 0 Å². The number of oxazole rings is 1. The summed E-state index contributed by atoms with van der Waals surface area (Å²) in [6.45, 7) is 4.16. The van der Waals surface area contributed by atoms with E-state index in [9.17, 15) is 4.79 Å². The van der Waals surface area contributed by atoms with Gasteiger partial charge < -0.3 is 19.4 Å². The number of rotatable bonds is 5. The zero-order chi connectivity index (χ0) is 16.9. The van der Waals surface area contributed by atoms with Crippen LogP contribution in [0.25, 0.3) is 0 Å². The van der Waals surface area contributed by atoms with Crippen LogP contribution in [0.2, 0.25) is 0 Å². The molecule has 1 fully saturated rings. The fraction of sp³-hybridized carbons (Fsp3) is 0.444. The first kappa shape index (κ1) is 16.4. The molecule has 1 aliphatic heterocycles. The largest absolute Gasteiger partial charge is 0.497 e. The zero-order valence-electron chi connectivity index (χ0n) is 14.1. The van der Waals surface area contributed by atoms with E-state index in [4.69, 9.17) is 9.15 Å². The van der Waals surface area contributed by atoms with Crippen molar-refractivity contribution in [2.45, 2.75) is 25.8 Å². The standard InChI is InChI=1S/C18H23N3O3/c1-13(14-4-3-5-17(8-14)23-2)15-6-7-21(10-15)18(22)19-9-16-11-24-12-20-16/h3-5,8,11-13,15H,6-7,9-10H2,1-2H3,(H,19,22). The minimum Gasteiger partial charge on any atom is -0.497 e. The molecule has 0 radical (unpaired) electrons. The summed E-state index contributed by atoms with van der Waals surface area (Å²) in [6, 6.07) is 8.13. The predicted molar refractivity (Wildman–Crippen MR) is 89.8 cm³/mol. The Hall–Kier alpha value is -2.50. The Labute approximate surface area is 141 Å². The molecule has 1 aliphatic rings. The molecule has 2 unspecified atom stereocenters. The maximum Gasteiger partial charge on any atom is 0.317 e. The smallest absolute Gasteiger partial charge is 0.317 e. The average Bonchev–Trinajstić information content (AvgIpc) is 3.30. The van der Waals surface area contributed by atoms with Crippen LogP contribution in [-0.4, -0.2) is 36.1 Å². The Morgan fingerprint density at radius 3 is 3.17 bits per heavy atom. The van der Waals surface area contributed by atoms with Crippen LogP contribution >= 0.6 is 0 Å². The lowest BCUT2D eigenvalue weighted by atomic mass is 9.87. The van der Waals surface area contributed by atoms with E-state index in [0.717, 1.165) is 31.0 Å². The number of hydrogen-bond acceptors (Lipinski definition) is 4. The van der Waals surface area contributed by atoms with Crippen molar-refractivity contribution in [1.29, 1.82) is 0 Å². The van der Waals surface area contributed by atoms with E-state index in [-0.39, 0.29) is 6.03 Å². The van der Waals surface area contributed by atoms with Crippen LogP contribution in [0.5, 0.6) is 5.75 Å². The Morgan fingerprint density at radius 2 is 2.42 bits per heavy atom. The first-order chi connectivity index (χ1) is 11.7. The van der Waals surface area contributed by atoms with Gasteiger partial charge in [0.1, 0.15) is 12.0 Å². The molecular formula is C18H23N3O3. The van der Waals surface area contributed by atoms with E-state index >= 15 is 0 Å². The van der Waals surface area contributed by atoms with Crippen LogP contribution in [0.15, 0.2) is 41.3 Å². The highest BCUT2D eigenvalue weighted by molar-refractivity contribution is 5.74. The van der Waals surface area contributed by atoms with Gasteiger partial charge in [-0.25, -0.2) is 9.78 Å². The number of nitrogens with zero attached hydrogens (tertiary/aromatic N) is 2. The van der Waals surface area contributed by atoms with Gasteiger partial charge in [0, 0.05) is 13.1 Å². The summed E-state index contributed by atoms with van der Waals surface area (Å²) >= 11 is 0. The highest BCUT2D eigenvalue weighted by atomic mass is 16.5. The number of methoxy groups -OCH3 is 1. The lowest BCUT2D eigenvalue weighted by molar-refractivity contribution is 0.205. The Kier molecular flexibility index (Phi) is 5.03. The number of nitrogens with one attached hydrogen (secondary N) is 1. The van der Waals surface area contributed by atoms with Gasteiger partial charge in [-0.3, -0.25) is 0 Å². The zero-order valence-corrected chi connectivity index (χ0v) is 14.1. The van der Waals surface area contributed by atoms with E-state index in [1.807, 2.05) is 17.0 Å². The van der Waals surface area contributed by atoms with Gasteiger partial charge in [0.25, 0.3) is 0 Å². The third-order valence-electron chi connectivity index (χ3n) is 4.74. The Morgan fingerprint density at radius 1 is 1.54 bits per heavy atom. The van der Waals surface area contributed by atoms with E-state index < -0.39 is 0 Å². The number of carbonyl (C=O) groups excluding carboxylic acids is 1. The molecule has 2 aromatic rings. The molecule has 0 aliphatic carbocycles. The molecule has 128 valence electrons. The van der Waals surface area contributed by atoms with Crippen LogP contribution in [0, 0.1) is 5.92 Å². The molecule has 6 heteroatoms. The van der Waals surface area contributed by atoms with E-state index in [1.54, 1.807) is 7.11 Å². The van der Waals surface area contributed by atoms with Gasteiger partial charge in [0.05, 0.1) is 19.3 Å². The van der Waals surface area contributed by atoms with Crippen molar-refractivity contribution in [3.05, 3.63) is 48.2 Å². The highest BCUT2D eigenvalue weighted by Gasteiger charge is 2.30. The second-order valence-electron chi connectivity index (χ2n) is 6.20. The SMILES string of the molecule is COc1cccc(C(C)C2CCN(C(=O)NCc3cocn3)C2)c1. The Balaban J connectivity index is 1.55. The highest BCUT2D eigenvalue weighted by Crippen LogP contribution is 2.33. The summed E-state index contributed by atoms with van der Waals surface area (Å²) in [5, 5.41) is 2.89. The number of benzene rings is 1. The van der Waals surface area contributed by atoms with Crippen molar-refractivity contribution >= 4 is 6.03 Å². The summed E-state index contributed by atoms with van der Waals surface area (Å²) < 4.78 is 10.2. The van der Waals surface area contributed by atoms with E-state index in [1.165, 1.54) is 18.2 Å². The minimum absolute atomic E-state index is 0.0432. The van der Waals surface area contributed by atoms with Crippen molar-refractivity contribution < 1.29 is 13.9 Å². The number of carbonyl (C=O) groups is 1. The predicted octanol–water partition coefficient (Wildman–Crippen LogP) is 3.02. The quantitative estimate of drug-likeness (QED) is 0.915. The van der Waals surface area contributed by atoms with Crippen molar-refractivity contribution in [3.8, 4) is 5.75 Å². The number of ether oxygens (including phenoxy) is 1. The summed E-state index contributed by atoms with van der Waals surface area (Å²) in [6.07, 6.45) is 3.91. The van der Waals surface area contributed by atoms with Gasteiger partial charge in [-0.1, -0.05) is 19.1 Å². The van der Waals surface area contributed by atoms with Crippen molar-refractivity contribution in [2.75, 3.05) is 20.2 Å². The van der Waals surface area contributed by atoms with Gasteiger partial charge in [0.2, 0.25) is 0 Å². The van der Waals surface area contributed by atoms with Gasteiger partial charge >= 0.3 is 6.03 Å². The second kappa shape index (κ2) is 7.38. The molecule has 0 saturated carbocycles. The fourth-order valence-corrected chi connectivity index (χ4v) is 3.18. The van der Waals surface area contributed by atoms with Crippen LogP contribution in [-0.2, 0) is 6.54 Å². The summed E-state index contributed by atoms with van der Waals surface area (Å²) in [4.78, 5) is 18.2. The molecule has 0 spiro atoms.